The van der Waals surface area contributed by atoms with Crippen molar-refractivity contribution >= 4 is 10.8 Å². The molecule has 1 nitrogen and oxygen atoms in total. The van der Waals surface area contributed by atoms with Crippen LogP contribution in [0.2, 0.25) is 0 Å². The smallest absolute Gasteiger partial charge is 0.172 e. The number of halogens is 1. The Balaban J connectivity index is 2.68. The van der Waals surface area contributed by atoms with Gasteiger partial charge in [-0.3, -0.25) is 4.94 Å². The minimum Gasteiger partial charge on any atom is -0.294 e. The van der Waals surface area contributed by atoms with E-state index in [-0.39, 0.29) is 5.75 Å². The van der Waals surface area contributed by atoms with Gasteiger partial charge < -0.3 is 0 Å². The van der Waals surface area contributed by atoms with E-state index in [1.165, 1.54) is 0 Å². The molecule has 0 fully saturated rings. The van der Waals surface area contributed by atoms with Gasteiger partial charge in [-0.15, -0.1) is 0 Å². The predicted octanol–water partition coefficient (Wildman–Crippen LogP) is 3.41. The summed E-state index contributed by atoms with van der Waals surface area (Å²) >= 11 is 0. The first-order chi connectivity index (χ1) is 6.29. The zero-order chi connectivity index (χ0) is 9.26. The second-order valence-corrected chi connectivity index (χ2v) is 3.09. The van der Waals surface area contributed by atoms with Gasteiger partial charge in [0, 0.05) is 4.53 Å². The molecular formula is C11H9FO. The maximum Gasteiger partial charge on any atom is 0.172 e. The van der Waals surface area contributed by atoms with E-state index in [2.05, 4.69) is 4.94 Å². The number of rotatable bonds is 1. The third kappa shape index (κ3) is 1.47. The summed E-state index contributed by atoms with van der Waals surface area (Å²) in [7, 11) is 0. The zero-order valence-electron chi connectivity index (χ0n) is 7.25. The van der Waals surface area contributed by atoms with Crippen molar-refractivity contribution in [1.82, 2.24) is 0 Å². The van der Waals surface area contributed by atoms with Gasteiger partial charge in [-0.25, -0.2) is 0 Å². The Morgan fingerprint density at radius 1 is 1.00 bits per heavy atom. The maximum absolute atomic E-state index is 11.9. The van der Waals surface area contributed by atoms with Gasteiger partial charge >= 0.3 is 0 Å². The first-order valence-electron chi connectivity index (χ1n) is 4.08. The van der Waals surface area contributed by atoms with Crippen LogP contribution < -0.4 is 4.94 Å². The molecule has 66 valence electrons. The molecule has 2 rings (SSSR count). The van der Waals surface area contributed by atoms with Crippen molar-refractivity contribution in [1.29, 1.82) is 0 Å². The molecule has 0 unspecified atom stereocenters. The van der Waals surface area contributed by atoms with Crippen molar-refractivity contribution in [2.24, 2.45) is 0 Å². The quantitative estimate of drug-likeness (QED) is 0.647. The summed E-state index contributed by atoms with van der Waals surface area (Å²) in [6.07, 6.45) is 0. The van der Waals surface area contributed by atoms with Crippen LogP contribution in [-0.2, 0) is 0 Å². The normalized spacial score (nSPS) is 10.3. The topological polar surface area (TPSA) is 9.23 Å². The van der Waals surface area contributed by atoms with Crippen molar-refractivity contribution in [3.63, 3.8) is 0 Å². The molecule has 0 aromatic heterocycles. The van der Waals surface area contributed by atoms with Gasteiger partial charge in [0.15, 0.2) is 5.75 Å². The largest absolute Gasteiger partial charge is 0.294 e. The van der Waals surface area contributed by atoms with Gasteiger partial charge in [0.1, 0.15) is 0 Å². The average Bonchev–Trinajstić information content (AvgIpc) is 2.16. The van der Waals surface area contributed by atoms with Gasteiger partial charge in [0.2, 0.25) is 0 Å². The Bertz CT molecular complexity index is 437. The summed E-state index contributed by atoms with van der Waals surface area (Å²) in [5.41, 5.74) is 1.16. The van der Waals surface area contributed by atoms with Gasteiger partial charge in [0.25, 0.3) is 0 Å². The SMILES string of the molecule is Cc1ccc2ccc(OF)cc2c1. The molecular weight excluding hydrogens is 167 g/mol. The Labute approximate surface area is 75.7 Å². The van der Waals surface area contributed by atoms with E-state index in [9.17, 15) is 4.53 Å². The fourth-order valence-corrected chi connectivity index (χ4v) is 1.39. The molecule has 0 spiro atoms. The monoisotopic (exact) mass is 176 g/mol. The molecule has 0 radical (unpaired) electrons. The fraction of sp³-hybridized carbons (Fsp3) is 0.0909. The van der Waals surface area contributed by atoms with Crippen molar-refractivity contribution < 1.29 is 9.47 Å². The summed E-state index contributed by atoms with van der Waals surface area (Å²) in [6, 6.07) is 11.2. The lowest BCUT2D eigenvalue weighted by Gasteiger charge is -2.00. The molecule has 0 saturated heterocycles. The van der Waals surface area contributed by atoms with Crippen LogP contribution in [0.3, 0.4) is 0 Å². The second kappa shape index (κ2) is 3.05. The summed E-state index contributed by atoms with van der Waals surface area (Å²) in [6.45, 7) is 2.00. The lowest BCUT2D eigenvalue weighted by Crippen LogP contribution is -1.78. The molecule has 0 bridgehead atoms. The van der Waals surface area contributed by atoms with Crippen molar-refractivity contribution in [3.05, 3.63) is 42.0 Å². The third-order valence-corrected chi connectivity index (χ3v) is 2.06. The van der Waals surface area contributed by atoms with Crippen molar-refractivity contribution in [2.75, 3.05) is 0 Å². The van der Waals surface area contributed by atoms with Crippen LogP contribution in [0.4, 0.5) is 4.53 Å². The van der Waals surface area contributed by atoms with E-state index in [1.54, 1.807) is 12.1 Å². The zero-order valence-corrected chi connectivity index (χ0v) is 7.25. The molecule has 0 aliphatic heterocycles. The van der Waals surface area contributed by atoms with Gasteiger partial charge in [0.05, 0.1) is 0 Å². The molecule has 13 heavy (non-hydrogen) atoms. The molecule has 2 aromatic rings. The molecule has 2 aromatic carbocycles. The number of fused-ring (bicyclic) bond motifs is 1. The maximum atomic E-state index is 11.9. The lowest BCUT2D eigenvalue weighted by atomic mass is 10.1. The molecule has 0 aliphatic rings. The number of hydrogen-bond donors (Lipinski definition) is 0. The molecule has 0 heterocycles. The number of benzene rings is 2. The Morgan fingerprint density at radius 3 is 2.54 bits per heavy atom. The molecule has 0 atom stereocenters. The van der Waals surface area contributed by atoms with E-state index >= 15 is 0 Å². The van der Waals surface area contributed by atoms with E-state index in [0.717, 1.165) is 16.3 Å². The van der Waals surface area contributed by atoms with Gasteiger partial charge in [-0.1, -0.05) is 29.8 Å². The minimum absolute atomic E-state index is 0.248. The first kappa shape index (κ1) is 8.05. The molecule has 0 aliphatic carbocycles. The van der Waals surface area contributed by atoms with Crippen LogP contribution >= 0.6 is 0 Å². The molecule has 0 amide bonds. The first-order valence-corrected chi connectivity index (χ1v) is 4.08. The van der Waals surface area contributed by atoms with Crippen LogP contribution in [0, 0.1) is 6.92 Å². The van der Waals surface area contributed by atoms with Gasteiger partial charge in [-0.05, 0) is 29.8 Å². The van der Waals surface area contributed by atoms with E-state index in [4.69, 9.17) is 0 Å². The second-order valence-electron chi connectivity index (χ2n) is 3.09. The Morgan fingerprint density at radius 2 is 1.77 bits per heavy atom. The molecule has 0 saturated carbocycles. The summed E-state index contributed by atoms with van der Waals surface area (Å²) in [4.78, 5) is 3.66. The summed E-state index contributed by atoms with van der Waals surface area (Å²) in [5.74, 6) is 0.248. The van der Waals surface area contributed by atoms with Crippen molar-refractivity contribution in [2.45, 2.75) is 6.92 Å². The average molecular weight is 176 g/mol. The lowest BCUT2D eigenvalue weighted by molar-refractivity contribution is -0.00603. The summed E-state index contributed by atoms with van der Waals surface area (Å²) < 4.78 is 11.9. The van der Waals surface area contributed by atoms with E-state index < -0.39 is 0 Å². The highest BCUT2D eigenvalue weighted by molar-refractivity contribution is 5.84. The van der Waals surface area contributed by atoms with E-state index in [1.807, 2.05) is 31.2 Å². The highest BCUT2D eigenvalue weighted by Gasteiger charge is 1.97. The molecule has 2 heteroatoms. The number of aryl methyl sites for hydroxylation is 1. The predicted molar refractivity (Wildman–Crippen MR) is 50.4 cm³/mol. The summed E-state index contributed by atoms with van der Waals surface area (Å²) in [5, 5.41) is 2.08. The van der Waals surface area contributed by atoms with E-state index in [0.29, 0.717) is 0 Å². The van der Waals surface area contributed by atoms with Crippen LogP contribution in [-0.4, -0.2) is 0 Å². The van der Waals surface area contributed by atoms with Crippen LogP contribution in [0.25, 0.3) is 10.8 Å². The standard InChI is InChI=1S/C11H9FO/c1-8-2-3-9-4-5-11(13-12)7-10(9)6-8/h2-7H,1H3. The third-order valence-electron chi connectivity index (χ3n) is 2.06. The Kier molecular flexibility index (Phi) is 1.89. The van der Waals surface area contributed by atoms with Crippen LogP contribution in [0.5, 0.6) is 5.75 Å². The van der Waals surface area contributed by atoms with Crippen LogP contribution in [0.1, 0.15) is 5.56 Å². The van der Waals surface area contributed by atoms with Crippen molar-refractivity contribution in [3.8, 4) is 5.75 Å². The Hall–Kier alpha value is -1.57. The minimum atomic E-state index is 0.248. The molecule has 0 N–H and O–H groups in total. The fourth-order valence-electron chi connectivity index (χ4n) is 1.39. The highest BCUT2D eigenvalue weighted by Crippen LogP contribution is 2.21. The highest BCUT2D eigenvalue weighted by atomic mass is 19.3. The number of hydrogen-bond acceptors (Lipinski definition) is 1. The van der Waals surface area contributed by atoms with Crippen LogP contribution in [0.15, 0.2) is 36.4 Å². The van der Waals surface area contributed by atoms with Gasteiger partial charge in [-0.2, -0.15) is 0 Å².